The summed E-state index contributed by atoms with van der Waals surface area (Å²) in [6.45, 7) is 6.10. The second-order valence-electron chi connectivity index (χ2n) is 8.80. The summed E-state index contributed by atoms with van der Waals surface area (Å²) in [6, 6.07) is 8.64. The van der Waals surface area contributed by atoms with Gasteiger partial charge in [-0.3, -0.25) is 14.9 Å². The molecule has 1 saturated heterocycles. The highest BCUT2D eigenvalue weighted by molar-refractivity contribution is 7.91. The number of nitrogens with zero attached hydrogens (tertiary/aromatic N) is 6. The van der Waals surface area contributed by atoms with Gasteiger partial charge in [-0.25, -0.2) is 17.5 Å². The van der Waals surface area contributed by atoms with E-state index in [1.807, 2.05) is 18.3 Å². The molecule has 0 bridgehead atoms. The quantitative estimate of drug-likeness (QED) is 0.497. The van der Waals surface area contributed by atoms with Crippen LogP contribution in [-0.2, 0) is 28.7 Å². The molecular formula is C23H29FN6O2S. The number of aromatic nitrogens is 5. The Morgan fingerprint density at radius 2 is 1.88 bits per heavy atom. The molecule has 176 valence electrons. The van der Waals surface area contributed by atoms with Crippen molar-refractivity contribution in [1.29, 1.82) is 0 Å². The molecule has 0 radical (unpaired) electrons. The fourth-order valence-corrected chi connectivity index (χ4v) is 4.88. The van der Waals surface area contributed by atoms with Crippen LogP contribution in [0, 0.1) is 5.82 Å². The largest absolute Gasteiger partial charge is 0.297 e. The van der Waals surface area contributed by atoms with E-state index in [1.165, 1.54) is 6.07 Å². The van der Waals surface area contributed by atoms with Gasteiger partial charge in [0.25, 0.3) is 0 Å². The normalized spacial score (nSPS) is 15.9. The van der Waals surface area contributed by atoms with Gasteiger partial charge in [0.1, 0.15) is 5.82 Å². The molecule has 3 aromatic heterocycles. The molecule has 33 heavy (non-hydrogen) atoms. The molecule has 10 heteroatoms. The molecule has 0 N–H and O–H groups in total. The molecule has 0 saturated carbocycles. The highest BCUT2D eigenvalue weighted by atomic mass is 32.2. The maximum Gasteiger partial charge on any atom is 0.158 e. The van der Waals surface area contributed by atoms with Gasteiger partial charge in [0, 0.05) is 24.4 Å². The lowest BCUT2D eigenvalue weighted by Gasteiger charge is -2.31. The number of piperidine rings is 1. The molecule has 4 heterocycles. The van der Waals surface area contributed by atoms with Crippen LogP contribution in [0.2, 0.25) is 0 Å². The Balaban J connectivity index is 1.31. The van der Waals surface area contributed by atoms with E-state index in [9.17, 15) is 12.8 Å². The first kappa shape index (κ1) is 23.4. The molecule has 0 aliphatic carbocycles. The van der Waals surface area contributed by atoms with Crippen LogP contribution in [0.1, 0.15) is 55.4 Å². The zero-order chi connectivity index (χ0) is 23.4. The van der Waals surface area contributed by atoms with E-state index in [0.717, 1.165) is 37.3 Å². The van der Waals surface area contributed by atoms with Crippen molar-refractivity contribution in [2.45, 2.75) is 56.7 Å². The van der Waals surface area contributed by atoms with Crippen LogP contribution in [0.15, 0.2) is 42.7 Å². The first-order valence-electron chi connectivity index (χ1n) is 11.2. The molecule has 0 aromatic carbocycles. The van der Waals surface area contributed by atoms with E-state index in [4.69, 9.17) is 0 Å². The molecule has 0 spiro atoms. The Morgan fingerprint density at radius 3 is 2.61 bits per heavy atom. The number of hydrogen-bond donors (Lipinski definition) is 0. The SMILES string of the molecule is CC(C)S(=O)(=O)Cc1cccc(C2CCN(Cc3cn(Cc4ncccc4F)nn3)CC2)n1. The summed E-state index contributed by atoms with van der Waals surface area (Å²) < 4.78 is 39.9. The van der Waals surface area contributed by atoms with Gasteiger partial charge in [0.2, 0.25) is 0 Å². The Labute approximate surface area is 193 Å². The fraction of sp³-hybridized carbons (Fsp3) is 0.478. The van der Waals surface area contributed by atoms with Crippen molar-refractivity contribution < 1.29 is 12.8 Å². The number of halogens is 1. The van der Waals surface area contributed by atoms with Crippen LogP contribution < -0.4 is 0 Å². The molecule has 1 fully saturated rings. The standard InChI is InChI=1S/C23H29FN6O2S/c1-17(2)33(31,32)16-19-5-3-7-22(26-19)18-8-11-29(12-9-18)13-20-14-30(28-27-20)15-23-21(24)6-4-10-25-23/h3-7,10,14,17-18H,8-9,11-13,15-16H2,1-2H3. The van der Waals surface area contributed by atoms with Crippen molar-refractivity contribution in [3.8, 4) is 0 Å². The molecule has 1 aliphatic rings. The lowest BCUT2D eigenvalue weighted by molar-refractivity contribution is 0.201. The summed E-state index contributed by atoms with van der Waals surface area (Å²) >= 11 is 0. The van der Waals surface area contributed by atoms with Crippen molar-refractivity contribution in [1.82, 2.24) is 29.9 Å². The minimum Gasteiger partial charge on any atom is -0.297 e. The van der Waals surface area contributed by atoms with Gasteiger partial charge >= 0.3 is 0 Å². The van der Waals surface area contributed by atoms with Gasteiger partial charge in [0.15, 0.2) is 9.84 Å². The minimum absolute atomic E-state index is 0.0184. The van der Waals surface area contributed by atoms with E-state index >= 15 is 0 Å². The minimum atomic E-state index is -3.17. The third-order valence-corrected chi connectivity index (χ3v) is 8.15. The van der Waals surface area contributed by atoms with Crippen LogP contribution in [0.5, 0.6) is 0 Å². The number of sulfone groups is 1. The Morgan fingerprint density at radius 1 is 1.09 bits per heavy atom. The highest BCUT2D eigenvalue weighted by Crippen LogP contribution is 2.27. The number of pyridine rings is 2. The molecule has 0 atom stereocenters. The molecule has 0 unspecified atom stereocenters. The fourth-order valence-electron chi connectivity index (χ4n) is 3.97. The second kappa shape index (κ2) is 10.0. The number of hydrogen-bond acceptors (Lipinski definition) is 7. The van der Waals surface area contributed by atoms with Gasteiger partial charge in [-0.1, -0.05) is 11.3 Å². The van der Waals surface area contributed by atoms with Crippen LogP contribution in [0.4, 0.5) is 4.39 Å². The molecule has 8 nitrogen and oxygen atoms in total. The van der Waals surface area contributed by atoms with E-state index < -0.39 is 15.1 Å². The Kier molecular flexibility index (Phi) is 7.14. The predicted molar refractivity (Wildman–Crippen MR) is 123 cm³/mol. The Hall–Kier alpha value is -2.72. The van der Waals surface area contributed by atoms with Crippen molar-refractivity contribution in [2.24, 2.45) is 0 Å². The second-order valence-corrected chi connectivity index (χ2v) is 11.4. The third kappa shape index (κ3) is 6.00. The van der Waals surface area contributed by atoms with Crippen molar-refractivity contribution >= 4 is 9.84 Å². The molecule has 3 aromatic rings. The molecule has 4 rings (SSSR count). The van der Waals surface area contributed by atoms with Gasteiger partial charge < -0.3 is 0 Å². The average molecular weight is 473 g/mol. The van der Waals surface area contributed by atoms with Gasteiger partial charge in [-0.05, 0) is 64.0 Å². The third-order valence-electron chi connectivity index (χ3n) is 6.02. The van der Waals surface area contributed by atoms with Gasteiger partial charge in [-0.2, -0.15) is 0 Å². The summed E-state index contributed by atoms with van der Waals surface area (Å²) in [5.41, 5.74) is 2.76. The van der Waals surface area contributed by atoms with E-state index in [2.05, 4.69) is 25.2 Å². The van der Waals surface area contributed by atoms with Crippen LogP contribution >= 0.6 is 0 Å². The lowest BCUT2D eigenvalue weighted by Crippen LogP contribution is -2.32. The summed E-state index contributed by atoms with van der Waals surface area (Å²) in [6.07, 6.45) is 5.29. The summed E-state index contributed by atoms with van der Waals surface area (Å²) in [5, 5.41) is 7.92. The van der Waals surface area contributed by atoms with Gasteiger partial charge in [0.05, 0.1) is 40.8 Å². The maximum atomic E-state index is 13.8. The highest BCUT2D eigenvalue weighted by Gasteiger charge is 2.24. The average Bonchev–Trinajstić information content (AvgIpc) is 3.22. The van der Waals surface area contributed by atoms with Crippen molar-refractivity contribution in [3.05, 3.63) is 71.3 Å². The van der Waals surface area contributed by atoms with E-state index in [-0.39, 0.29) is 18.1 Å². The summed E-state index contributed by atoms with van der Waals surface area (Å²) in [4.78, 5) is 11.0. The summed E-state index contributed by atoms with van der Waals surface area (Å²) in [5.74, 6) is -0.0584. The first-order chi connectivity index (χ1) is 15.8. The van der Waals surface area contributed by atoms with Crippen LogP contribution in [-0.4, -0.2) is 56.6 Å². The zero-order valence-corrected chi connectivity index (χ0v) is 19.7. The smallest absolute Gasteiger partial charge is 0.158 e. The van der Waals surface area contributed by atoms with Crippen molar-refractivity contribution in [2.75, 3.05) is 13.1 Å². The van der Waals surface area contributed by atoms with Crippen molar-refractivity contribution in [3.63, 3.8) is 0 Å². The zero-order valence-electron chi connectivity index (χ0n) is 18.9. The predicted octanol–water partition coefficient (Wildman–Crippen LogP) is 2.96. The van der Waals surface area contributed by atoms with E-state index in [0.29, 0.717) is 23.9 Å². The molecule has 1 aliphatic heterocycles. The maximum absolute atomic E-state index is 13.8. The van der Waals surface area contributed by atoms with Crippen LogP contribution in [0.25, 0.3) is 0 Å². The number of rotatable bonds is 8. The number of likely N-dealkylation sites (tertiary alicyclic amines) is 1. The molecular weight excluding hydrogens is 443 g/mol. The topological polar surface area (TPSA) is 93.9 Å². The Bertz CT molecular complexity index is 1190. The summed E-state index contributed by atoms with van der Waals surface area (Å²) in [7, 11) is -3.17. The van der Waals surface area contributed by atoms with Gasteiger partial charge in [-0.15, -0.1) is 5.10 Å². The first-order valence-corrected chi connectivity index (χ1v) is 12.9. The monoisotopic (exact) mass is 472 g/mol. The van der Waals surface area contributed by atoms with E-state index in [1.54, 1.807) is 36.9 Å². The lowest BCUT2D eigenvalue weighted by atomic mass is 9.93. The van der Waals surface area contributed by atoms with Crippen LogP contribution in [0.3, 0.4) is 0 Å². The molecule has 0 amide bonds.